The summed E-state index contributed by atoms with van der Waals surface area (Å²) in [4.78, 5) is 43.5. The van der Waals surface area contributed by atoms with Gasteiger partial charge in [0.15, 0.2) is 0 Å². The summed E-state index contributed by atoms with van der Waals surface area (Å²) in [7, 11) is 0. The Balaban J connectivity index is 1.72. The number of hydrogen-bond donors (Lipinski definition) is 1. The smallest absolute Gasteiger partial charge is 0.277 e. The quantitative estimate of drug-likeness (QED) is 0.587. The molecule has 0 spiro atoms. The first kappa shape index (κ1) is 19.1. The van der Waals surface area contributed by atoms with Crippen LogP contribution < -0.4 is 10.2 Å². The predicted molar refractivity (Wildman–Crippen MR) is 99.0 cm³/mol. The van der Waals surface area contributed by atoms with Crippen molar-refractivity contribution in [2.45, 2.75) is 25.8 Å². The fourth-order valence-corrected chi connectivity index (χ4v) is 2.94. The number of amides is 1. The van der Waals surface area contributed by atoms with Gasteiger partial charge in [0.2, 0.25) is 5.95 Å². The Hall–Kier alpha value is -3.63. The van der Waals surface area contributed by atoms with Gasteiger partial charge < -0.3 is 10.2 Å². The molecule has 2 aromatic rings. The minimum Gasteiger partial charge on any atom is -0.346 e. The minimum absolute atomic E-state index is 0.0681. The van der Waals surface area contributed by atoms with Crippen molar-refractivity contribution in [3.63, 3.8) is 0 Å². The molecule has 146 valence electrons. The lowest BCUT2D eigenvalue weighted by atomic mass is 10.1. The van der Waals surface area contributed by atoms with Crippen LogP contribution in [0.15, 0.2) is 30.5 Å². The lowest BCUT2D eigenvalue weighted by Crippen LogP contribution is -2.31. The molecule has 0 saturated carbocycles. The van der Waals surface area contributed by atoms with Crippen LogP contribution in [-0.4, -0.2) is 38.8 Å². The third-order valence-corrected chi connectivity index (χ3v) is 4.36. The van der Waals surface area contributed by atoms with Gasteiger partial charge in [-0.1, -0.05) is 0 Å². The molecule has 1 fully saturated rings. The van der Waals surface area contributed by atoms with Gasteiger partial charge in [-0.2, -0.15) is 0 Å². The molecular weight excluding hydrogens is 368 g/mol. The van der Waals surface area contributed by atoms with Crippen LogP contribution in [0.4, 0.5) is 17.3 Å². The first-order valence-corrected chi connectivity index (χ1v) is 8.73. The summed E-state index contributed by atoms with van der Waals surface area (Å²) in [5.41, 5.74) is -0.627. The number of anilines is 1. The highest BCUT2D eigenvalue weighted by Gasteiger charge is 2.20. The largest absolute Gasteiger partial charge is 0.346 e. The summed E-state index contributed by atoms with van der Waals surface area (Å²) in [6.07, 6.45) is 4.95. The Morgan fingerprint density at radius 3 is 2.32 bits per heavy atom. The SMILES string of the molecule is O=C(NCc1ccnc(N2CCCCC2)n1)c1cc([N+](=O)[O-])cc([N+](=O)[O-])c1. The van der Waals surface area contributed by atoms with Gasteiger partial charge in [0.05, 0.1) is 33.7 Å². The molecule has 1 aromatic carbocycles. The van der Waals surface area contributed by atoms with Crippen molar-refractivity contribution in [3.05, 3.63) is 61.9 Å². The van der Waals surface area contributed by atoms with Crippen LogP contribution in [0.2, 0.25) is 0 Å². The Morgan fingerprint density at radius 2 is 1.71 bits per heavy atom. The molecule has 1 aliphatic heterocycles. The van der Waals surface area contributed by atoms with Gasteiger partial charge in [0, 0.05) is 31.4 Å². The first-order chi connectivity index (χ1) is 13.4. The van der Waals surface area contributed by atoms with Crippen molar-refractivity contribution in [1.29, 1.82) is 0 Å². The van der Waals surface area contributed by atoms with Gasteiger partial charge in [-0.25, -0.2) is 9.97 Å². The third-order valence-electron chi connectivity index (χ3n) is 4.36. The number of non-ortho nitro benzene ring substituents is 2. The molecule has 0 bridgehead atoms. The fourth-order valence-electron chi connectivity index (χ4n) is 2.94. The van der Waals surface area contributed by atoms with Crippen molar-refractivity contribution < 1.29 is 14.6 Å². The number of nitro groups is 2. The topological polar surface area (TPSA) is 144 Å². The van der Waals surface area contributed by atoms with Gasteiger partial charge in [-0.3, -0.25) is 25.0 Å². The zero-order valence-electron chi connectivity index (χ0n) is 14.9. The van der Waals surface area contributed by atoms with E-state index in [-0.39, 0.29) is 12.1 Å². The highest BCUT2D eigenvalue weighted by molar-refractivity contribution is 5.95. The molecule has 0 aliphatic carbocycles. The molecule has 28 heavy (non-hydrogen) atoms. The van der Waals surface area contributed by atoms with Crippen molar-refractivity contribution in [2.75, 3.05) is 18.0 Å². The zero-order chi connectivity index (χ0) is 20.1. The fraction of sp³-hybridized carbons (Fsp3) is 0.353. The van der Waals surface area contributed by atoms with Crippen LogP contribution in [-0.2, 0) is 6.54 Å². The Kier molecular flexibility index (Phi) is 5.72. The van der Waals surface area contributed by atoms with Gasteiger partial charge in [0.25, 0.3) is 17.3 Å². The van der Waals surface area contributed by atoms with Crippen molar-refractivity contribution in [3.8, 4) is 0 Å². The molecule has 3 rings (SSSR count). The minimum atomic E-state index is -0.779. The molecule has 1 aliphatic rings. The number of nitrogens with one attached hydrogen (secondary N) is 1. The number of hydrogen-bond acceptors (Lipinski definition) is 8. The van der Waals surface area contributed by atoms with E-state index in [1.165, 1.54) is 6.42 Å². The zero-order valence-corrected chi connectivity index (χ0v) is 14.9. The van der Waals surface area contributed by atoms with E-state index >= 15 is 0 Å². The number of carbonyl (C=O) groups is 1. The molecule has 1 amide bonds. The summed E-state index contributed by atoms with van der Waals surface area (Å²) in [5.74, 6) is -0.0672. The van der Waals surface area contributed by atoms with E-state index in [1.807, 2.05) is 0 Å². The highest BCUT2D eigenvalue weighted by atomic mass is 16.6. The lowest BCUT2D eigenvalue weighted by molar-refractivity contribution is -0.394. The molecule has 11 nitrogen and oxygen atoms in total. The molecule has 1 N–H and O–H groups in total. The van der Waals surface area contributed by atoms with Gasteiger partial charge >= 0.3 is 0 Å². The maximum atomic E-state index is 12.3. The van der Waals surface area contributed by atoms with Gasteiger partial charge in [-0.15, -0.1) is 0 Å². The monoisotopic (exact) mass is 386 g/mol. The van der Waals surface area contributed by atoms with E-state index in [1.54, 1.807) is 12.3 Å². The van der Waals surface area contributed by atoms with Crippen molar-refractivity contribution in [2.24, 2.45) is 0 Å². The number of piperidine rings is 1. The Bertz CT molecular complexity index is 880. The van der Waals surface area contributed by atoms with Crippen LogP contribution in [0.1, 0.15) is 35.3 Å². The molecular formula is C17H18N6O5. The summed E-state index contributed by atoms with van der Waals surface area (Å²) < 4.78 is 0. The van der Waals surface area contributed by atoms with Crippen molar-refractivity contribution >= 4 is 23.2 Å². The molecule has 0 unspecified atom stereocenters. The average Bonchev–Trinajstić information content (AvgIpc) is 2.72. The number of benzene rings is 1. The summed E-state index contributed by atoms with van der Waals surface area (Å²) in [6.45, 7) is 1.83. The normalized spacial score (nSPS) is 13.8. The second-order valence-electron chi connectivity index (χ2n) is 6.33. The predicted octanol–water partition coefficient (Wildman–Crippen LogP) is 2.21. The maximum Gasteiger partial charge on any atom is 0.277 e. The van der Waals surface area contributed by atoms with Crippen LogP contribution >= 0.6 is 0 Å². The van der Waals surface area contributed by atoms with Crippen LogP contribution in [0.25, 0.3) is 0 Å². The highest BCUT2D eigenvalue weighted by Crippen LogP contribution is 2.22. The standard InChI is InChI=1S/C17H18N6O5/c24-16(12-8-14(22(25)26)10-15(9-12)23(27)28)19-11-13-4-5-18-17(20-13)21-6-2-1-3-7-21/h4-5,8-10H,1-3,6-7,11H2,(H,19,24). The average molecular weight is 386 g/mol. The summed E-state index contributed by atoms with van der Waals surface area (Å²) in [6, 6.07) is 4.47. The van der Waals surface area contributed by atoms with Crippen LogP contribution in [0, 0.1) is 20.2 Å². The summed E-state index contributed by atoms with van der Waals surface area (Å²) >= 11 is 0. The molecule has 1 saturated heterocycles. The number of nitrogens with zero attached hydrogens (tertiary/aromatic N) is 5. The molecule has 2 heterocycles. The number of carbonyl (C=O) groups excluding carboxylic acids is 1. The number of aromatic nitrogens is 2. The molecule has 0 radical (unpaired) electrons. The van der Waals surface area contributed by atoms with E-state index in [0.717, 1.165) is 44.1 Å². The van der Waals surface area contributed by atoms with E-state index in [2.05, 4.69) is 20.2 Å². The van der Waals surface area contributed by atoms with Crippen molar-refractivity contribution in [1.82, 2.24) is 15.3 Å². The second kappa shape index (κ2) is 8.37. The lowest BCUT2D eigenvalue weighted by Gasteiger charge is -2.26. The molecule has 0 atom stereocenters. The third kappa shape index (κ3) is 4.55. The van der Waals surface area contributed by atoms with E-state index < -0.39 is 27.1 Å². The van der Waals surface area contributed by atoms with Crippen LogP contribution in [0.5, 0.6) is 0 Å². The Labute approximate surface area is 159 Å². The van der Waals surface area contributed by atoms with Crippen LogP contribution in [0.3, 0.4) is 0 Å². The molecule has 11 heteroatoms. The van der Waals surface area contributed by atoms with E-state index in [4.69, 9.17) is 0 Å². The second-order valence-corrected chi connectivity index (χ2v) is 6.33. The first-order valence-electron chi connectivity index (χ1n) is 8.73. The maximum absolute atomic E-state index is 12.3. The van der Waals surface area contributed by atoms with Gasteiger partial charge in [0.1, 0.15) is 0 Å². The number of rotatable bonds is 6. The summed E-state index contributed by atoms with van der Waals surface area (Å²) in [5, 5.41) is 24.5. The Morgan fingerprint density at radius 1 is 1.07 bits per heavy atom. The molecule has 1 aromatic heterocycles. The number of nitro benzene ring substituents is 2. The van der Waals surface area contributed by atoms with E-state index in [9.17, 15) is 25.0 Å². The van der Waals surface area contributed by atoms with Gasteiger partial charge in [-0.05, 0) is 25.3 Å². The van der Waals surface area contributed by atoms with E-state index in [0.29, 0.717) is 11.6 Å².